The normalized spacial score (nSPS) is 11.3. The lowest BCUT2D eigenvalue weighted by molar-refractivity contribution is -0.130. The van der Waals surface area contributed by atoms with Crippen molar-refractivity contribution >= 4 is 29.0 Å². The molecule has 0 fully saturated rings. The fourth-order valence-corrected chi connectivity index (χ4v) is 1.73. The van der Waals surface area contributed by atoms with Gasteiger partial charge >= 0.3 is 5.97 Å². The molecule has 2 rings (SSSR count). The van der Waals surface area contributed by atoms with Gasteiger partial charge in [0.05, 0.1) is 5.57 Å². The molecule has 19 heavy (non-hydrogen) atoms. The van der Waals surface area contributed by atoms with Crippen LogP contribution in [0, 0.1) is 0 Å². The molecule has 0 aliphatic carbocycles. The van der Waals surface area contributed by atoms with E-state index in [1.54, 1.807) is 48.5 Å². The SMILES string of the molecule is Nc1ccc(C(=Cc2ccccc2N)C(=O)O)cc1. The number of carboxylic acids is 1. The van der Waals surface area contributed by atoms with E-state index >= 15 is 0 Å². The zero-order chi connectivity index (χ0) is 13.8. The summed E-state index contributed by atoms with van der Waals surface area (Å²) in [5.41, 5.74) is 14.0. The zero-order valence-electron chi connectivity index (χ0n) is 10.2. The number of rotatable bonds is 3. The highest BCUT2D eigenvalue weighted by Gasteiger charge is 2.10. The molecule has 4 nitrogen and oxygen atoms in total. The molecule has 0 atom stereocenters. The minimum absolute atomic E-state index is 0.179. The van der Waals surface area contributed by atoms with Crippen LogP contribution in [0.1, 0.15) is 11.1 Å². The number of nitrogens with two attached hydrogens (primary N) is 2. The van der Waals surface area contributed by atoms with Gasteiger partial charge in [-0.1, -0.05) is 30.3 Å². The van der Waals surface area contributed by atoms with E-state index in [0.717, 1.165) is 0 Å². The molecule has 2 aromatic carbocycles. The smallest absolute Gasteiger partial charge is 0.336 e. The third-order valence-electron chi connectivity index (χ3n) is 2.75. The monoisotopic (exact) mass is 254 g/mol. The first-order valence-electron chi connectivity index (χ1n) is 5.73. The largest absolute Gasteiger partial charge is 0.478 e. The van der Waals surface area contributed by atoms with E-state index in [1.807, 2.05) is 6.07 Å². The maximum absolute atomic E-state index is 11.4. The Morgan fingerprint density at radius 1 is 1.00 bits per heavy atom. The number of para-hydroxylation sites is 1. The van der Waals surface area contributed by atoms with Crippen LogP contribution in [0.5, 0.6) is 0 Å². The van der Waals surface area contributed by atoms with Gasteiger partial charge in [-0.15, -0.1) is 0 Å². The average Bonchev–Trinajstić information content (AvgIpc) is 2.39. The van der Waals surface area contributed by atoms with Gasteiger partial charge in [0, 0.05) is 11.4 Å². The van der Waals surface area contributed by atoms with E-state index in [2.05, 4.69) is 0 Å². The van der Waals surface area contributed by atoms with Crippen LogP contribution < -0.4 is 11.5 Å². The van der Waals surface area contributed by atoms with Gasteiger partial charge in [-0.05, 0) is 35.4 Å². The molecule has 2 aromatic rings. The minimum atomic E-state index is -1.01. The lowest BCUT2D eigenvalue weighted by Gasteiger charge is -2.05. The summed E-state index contributed by atoms with van der Waals surface area (Å²) in [6, 6.07) is 13.8. The molecule has 0 heterocycles. The molecule has 0 unspecified atom stereocenters. The van der Waals surface area contributed by atoms with E-state index in [1.165, 1.54) is 0 Å². The quantitative estimate of drug-likeness (QED) is 0.446. The molecular formula is C15H14N2O2. The molecular weight excluding hydrogens is 240 g/mol. The Hall–Kier alpha value is -2.75. The summed E-state index contributed by atoms with van der Waals surface area (Å²) in [4.78, 5) is 11.4. The highest BCUT2D eigenvalue weighted by atomic mass is 16.4. The summed E-state index contributed by atoms with van der Waals surface area (Å²) in [5.74, 6) is -1.01. The second-order valence-electron chi connectivity index (χ2n) is 4.11. The van der Waals surface area contributed by atoms with Crippen LogP contribution in [0.3, 0.4) is 0 Å². The molecule has 0 aliphatic rings. The summed E-state index contributed by atoms with van der Waals surface area (Å²) >= 11 is 0. The van der Waals surface area contributed by atoms with Gasteiger partial charge in [-0.3, -0.25) is 0 Å². The Labute approximate surface area is 111 Å². The predicted molar refractivity (Wildman–Crippen MR) is 77.2 cm³/mol. The first kappa shape index (κ1) is 12.7. The van der Waals surface area contributed by atoms with Crippen LogP contribution in [-0.4, -0.2) is 11.1 Å². The van der Waals surface area contributed by atoms with Crippen molar-refractivity contribution in [3.05, 3.63) is 59.7 Å². The molecule has 4 heteroatoms. The van der Waals surface area contributed by atoms with Crippen molar-refractivity contribution in [2.75, 3.05) is 11.5 Å². The minimum Gasteiger partial charge on any atom is -0.478 e. The van der Waals surface area contributed by atoms with Crippen LogP contribution in [0.4, 0.5) is 11.4 Å². The van der Waals surface area contributed by atoms with Crippen molar-refractivity contribution < 1.29 is 9.90 Å². The second-order valence-corrected chi connectivity index (χ2v) is 4.11. The standard InChI is InChI=1S/C15H14N2O2/c16-12-7-5-10(6-8-12)13(15(18)19)9-11-3-1-2-4-14(11)17/h1-9H,16-17H2,(H,18,19). The number of anilines is 2. The molecule has 0 amide bonds. The van der Waals surface area contributed by atoms with Crippen molar-refractivity contribution in [2.45, 2.75) is 0 Å². The molecule has 0 saturated heterocycles. The Morgan fingerprint density at radius 2 is 1.63 bits per heavy atom. The van der Waals surface area contributed by atoms with Gasteiger partial charge in [-0.25, -0.2) is 4.79 Å². The van der Waals surface area contributed by atoms with Gasteiger partial charge in [0.25, 0.3) is 0 Å². The number of nitrogen functional groups attached to an aromatic ring is 2. The molecule has 96 valence electrons. The third kappa shape index (κ3) is 2.93. The molecule has 0 aliphatic heterocycles. The number of hydrogen-bond donors (Lipinski definition) is 3. The summed E-state index contributed by atoms with van der Waals surface area (Å²) in [6.07, 6.45) is 1.56. The van der Waals surface area contributed by atoms with Gasteiger partial charge in [0.15, 0.2) is 0 Å². The molecule has 0 radical (unpaired) electrons. The van der Waals surface area contributed by atoms with E-state index in [-0.39, 0.29) is 5.57 Å². The Bertz CT molecular complexity index is 631. The zero-order valence-corrected chi connectivity index (χ0v) is 10.2. The van der Waals surface area contributed by atoms with E-state index in [0.29, 0.717) is 22.5 Å². The number of benzene rings is 2. The van der Waals surface area contributed by atoms with Gasteiger partial charge in [0.1, 0.15) is 0 Å². The lowest BCUT2D eigenvalue weighted by atomic mass is 10.0. The van der Waals surface area contributed by atoms with Crippen molar-refractivity contribution in [3.63, 3.8) is 0 Å². The van der Waals surface area contributed by atoms with Gasteiger partial charge in [0.2, 0.25) is 0 Å². The van der Waals surface area contributed by atoms with E-state index in [4.69, 9.17) is 11.5 Å². The Balaban J connectivity index is 2.50. The average molecular weight is 254 g/mol. The first-order chi connectivity index (χ1) is 9.08. The van der Waals surface area contributed by atoms with E-state index < -0.39 is 5.97 Å². The van der Waals surface area contributed by atoms with Crippen LogP contribution >= 0.6 is 0 Å². The van der Waals surface area contributed by atoms with E-state index in [9.17, 15) is 9.90 Å². The Kier molecular flexibility index (Phi) is 3.52. The van der Waals surface area contributed by atoms with Crippen LogP contribution in [0.25, 0.3) is 11.6 Å². The van der Waals surface area contributed by atoms with Crippen LogP contribution in [-0.2, 0) is 4.79 Å². The maximum Gasteiger partial charge on any atom is 0.336 e. The molecule has 5 N–H and O–H groups in total. The van der Waals surface area contributed by atoms with Crippen LogP contribution in [0.2, 0.25) is 0 Å². The second kappa shape index (κ2) is 5.27. The summed E-state index contributed by atoms with van der Waals surface area (Å²) in [6.45, 7) is 0. The van der Waals surface area contributed by atoms with Crippen molar-refractivity contribution in [1.82, 2.24) is 0 Å². The lowest BCUT2D eigenvalue weighted by Crippen LogP contribution is -2.00. The number of hydrogen-bond acceptors (Lipinski definition) is 3. The van der Waals surface area contributed by atoms with Crippen molar-refractivity contribution in [3.8, 4) is 0 Å². The summed E-state index contributed by atoms with van der Waals surface area (Å²) < 4.78 is 0. The fourth-order valence-electron chi connectivity index (χ4n) is 1.73. The van der Waals surface area contributed by atoms with Crippen LogP contribution in [0.15, 0.2) is 48.5 Å². The first-order valence-corrected chi connectivity index (χ1v) is 5.73. The van der Waals surface area contributed by atoms with Crippen molar-refractivity contribution in [1.29, 1.82) is 0 Å². The molecule has 0 saturated carbocycles. The van der Waals surface area contributed by atoms with Crippen molar-refractivity contribution in [2.24, 2.45) is 0 Å². The Morgan fingerprint density at radius 3 is 2.21 bits per heavy atom. The summed E-state index contributed by atoms with van der Waals surface area (Å²) in [5, 5.41) is 9.31. The van der Waals surface area contributed by atoms with Gasteiger partial charge < -0.3 is 16.6 Å². The highest BCUT2D eigenvalue weighted by molar-refractivity contribution is 6.21. The topological polar surface area (TPSA) is 89.3 Å². The predicted octanol–water partition coefficient (Wildman–Crippen LogP) is 2.48. The number of carbonyl (C=O) groups is 1. The molecule has 0 bridgehead atoms. The maximum atomic E-state index is 11.4. The fraction of sp³-hybridized carbons (Fsp3) is 0. The number of aliphatic carboxylic acids is 1. The summed E-state index contributed by atoms with van der Waals surface area (Å²) in [7, 11) is 0. The molecule has 0 spiro atoms. The van der Waals surface area contributed by atoms with Gasteiger partial charge in [-0.2, -0.15) is 0 Å². The third-order valence-corrected chi connectivity index (χ3v) is 2.75. The number of carboxylic acid groups (broad SMARTS) is 1. The highest BCUT2D eigenvalue weighted by Crippen LogP contribution is 2.22. The molecule has 0 aromatic heterocycles.